The lowest BCUT2D eigenvalue weighted by molar-refractivity contribution is -0.138. The Morgan fingerprint density at radius 2 is 2.15 bits per heavy atom. The number of phenolic OH excluding ortho intramolecular Hbond substituents is 1. The van der Waals surface area contributed by atoms with Crippen molar-refractivity contribution in [3.05, 3.63) is 29.3 Å². The Bertz CT molecular complexity index is 336. The van der Waals surface area contributed by atoms with Gasteiger partial charge >= 0.3 is 5.97 Å². The van der Waals surface area contributed by atoms with Crippen molar-refractivity contribution >= 4 is 5.97 Å². The Morgan fingerprint density at radius 1 is 1.54 bits per heavy atom. The highest BCUT2D eigenvalue weighted by Crippen LogP contribution is 2.20. The highest BCUT2D eigenvalue weighted by atomic mass is 16.4. The van der Waals surface area contributed by atoms with E-state index < -0.39 is 12.0 Å². The summed E-state index contributed by atoms with van der Waals surface area (Å²) in [5.74, 6) is -0.965. The fraction of sp³-hybridized carbons (Fsp3) is 0.222. The first-order valence-electron chi connectivity index (χ1n) is 3.80. The Kier molecular flexibility index (Phi) is 2.53. The van der Waals surface area contributed by atoms with E-state index in [-0.39, 0.29) is 5.75 Å². The van der Waals surface area contributed by atoms with Gasteiger partial charge in [0.05, 0.1) is 0 Å². The van der Waals surface area contributed by atoms with Crippen molar-refractivity contribution in [3.63, 3.8) is 0 Å². The zero-order chi connectivity index (χ0) is 10.0. The van der Waals surface area contributed by atoms with Crippen LogP contribution in [0, 0.1) is 6.92 Å². The largest absolute Gasteiger partial charge is 0.508 e. The van der Waals surface area contributed by atoms with Crippen molar-refractivity contribution in [2.45, 2.75) is 13.0 Å². The van der Waals surface area contributed by atoms with Gasteiger partial charge in [-0.25, -0.2) is 0 Å². The van der Waals surface area contributed by atoms with E-state index in [4.69, 9.17) is 15.9 Å². The summed E-state index contributed by atoms with van der Waals surface area (Å²) in [5, 5.41) is 17.7. The molecule has 1 rings (SSSR count). The number of rotatable bonds is 2. The molecule has 0 spiro atoms. The quantitative estimate of drug-likeness (QED) is 0.629. The Hall–Kier alpha value is -1.55. The average Bonchev–Trinajstić information content (AvgIpc) is 2.03. The molecule has 70 valence electrons. The van der Waals surface area contributed by atoms with Crippen LogP contribution in [0.1, 0.15) is 17.2 Å². The van der Waals surface area contributed by atoms with Gasteiger partial charge in [0.1, 0.15) is 11.8 Å². The number of benzene rings is 1. The van der Waals surface area contributed by atoms with E-state index in [9.17, 15) is 4.79 Å². The molecular formula is C9H11NO3. The number of aliphatic carboxylic acids is 1. The number of aryl methyl sites for hydroxylation is 1. The summed E-state index contributed by atoms with van der Waals surface area (Å²) in [4.78, 5) is 10.5. The molecule has 0 fully saturated rings. The van der Waals surface area contributed by atoms with Crippen LogP contribution in [0.25, 0.3) is 0 Å². The van der Waals surface area contributed by atoms with Gasteiger partial charge in [0, 0.05) is 0 Å². The lowest BCUT2D eigenvalue weighted by Crippen LogP contribution is -2.21. The molecule has 0 heterocycles. The minimum atomic E-state index is -1.08. The number of hydrogen-bond donors (Lipinski definition) is 3. The summed E-state index contributed by atoms with van der Waals surface area (Å²) in [6.45, 7) is 1.71. The molecule has 0 radical (unpaired) electrons. The summed E-state index contributed by atoms with van der Waals surface area (Å²) in [7, 11) is 0. The molecule has 0 aliphatic heterocycles. The van der Waals surface area contributed by atoms with Gasteiger partial charge in [0.2, 0.25) is 0 Å². The van der Waals surface area contributed by atoms with E-state index in [1.54, 1.807) is 6.92 Å². The van der Waals surface area contributed by atoms with E-state index in [2.05, 4.69) is 0 Å². The van der Waals surface area contributed by atoms with Gasteiger partial charge in [-0.15, -0.1) is 0 Å². The van der Waals surface area contributed by atoms with Gasteiger partial charge in [0.15, 0.2) is 0 Å². The van der Waals surface area contributed by atoms with Crippen LogP contribution in [0.15, 0.2) is 18.2 Å². The third-order valence-corrected chi connectivity index (χ3v) is 1.85. The molecular weight excluding hydrogens is 170 g/mol. The number of carboxylic acids is 1. The molecule has 1 atom stereocenters. The second-order valence-corrected chi connectivity index (χ2v) is 2.86. The summed E-state index contributed by atoms with van der Waals surface area (Å²) < 4.78 is 0. The maximum atomic E-state index is 10.5. The standard InChI is InChI=1S/C9H11NO3/c1-5-4-6(11)2-3-7(5)8(10)9(12)13/h2-4,8,11H,10H2,1H3,(H,12,13). The third-order valence-electron chi connectivity index (χ3n) is 1.85. The fourth-order valence-corrected chi connectivity index (χ4v) is 1.14. The first kappa shape index (κ1) is 9.54. The SMILES string of the molecule is Cc1cc(O)ccc1C(N)C(=O)O. The fourth-order valence-electron chi connectivity index (χ4n) is 1.14. The number of aromatic hydroxyl groups is 1. The molecule has 1 aromatic carbocycles. The zero-order valence-corrected chi connectivity index (χ0v) is 7.19. The summed E-state index contributed by atoms with van der Waals surface area (Å²) >= 11 is 0. The molecule has 0 saturated carbocycles. The minimum absolute atomic E-state index is 0.110. The van der Waals surface area contributed by atoms with Crippen molar-refractivity contribution in [1.29, 1.82) is 0 Å². The first-order chi connectivity index (χ1) is 6.02. The van der Waals surface area contributed by atoms with Crippen molar-refractivity contribution in [1.82, 2.24) is 0 Å². The molecule has 1 aromatic rings. The Balaban J connectivity index is 3.08. The van der Waals surface area contributed by atoms with E-state index in [1.165, 1.54) is 18.2 Å². The molecule has 0 aliphatic rings. The van der Waals surface area contributed by atoms with Crippen LogP contribution in [0.3, 0.4) is 0 Å². The van der Waals surface area contributed by atoms with Crippen molar-refractivity contribution in [2.24, 2.45) is 5.73 Å². The molecule has 4 nitrogen and oxygen atoms in total. The number of nitrogens with two attached hydrogens (primary N) is 1. The van der Waals surface area contributed by atoms with Crippen LogP contribution >= 0.6 is 0 Å². The molecule has 4 N–H and O–H groups in total. The van der Waals surface area contributed by atoms with E-state index in [0.29, 0.717) is 11.1 Å². The van der Waals surface area contributed by atoms with Gasteiger partial charge < -0.3 is 15.9 Å². The van der Waals surface area contributed by atoms with Crippen LogP contribution in [0.4, 0.5) is 0 Å². The summed E-state index contributed by atoms with van der Waals surface area (Å²) in [6.07, 6.45) is 0. The molecule has 13 heavy (non-hydrogen) atoms. The topological polar surface area (TPSA) is 83.5 Å². The molecule has 0 bridgehead atoms. The van der Waals surface area contributed by atoms with Crippen molar-refractivity contribution in [2.75, 3.05) is 0 Å². The molecule has 1 unspecified atom stereocenters. The number of hydrogen-bond acceptors (Lipinski definition) is 3. The zero-order valence-electron chi connectivity index (χ0n) is 7.19. The van der Waals surface area contributed by atoms with Crippen molar-refractivity contribution in [3.8, 4) is 5.75 Å². The van der Waals surface area contributed by atoms with E-state index in [0.717, 1.165) is 0 Å². The monoisotopic (exact) mass is 181 g/mol. The maximum absolute atomic E-state index is 10.5. The van der Waals surface area contributed by atoms with Gasteiger partial charge in [-0.1, -0.05) is 6.07 Å². The lowest BCUT2D eigenvalue weighted by Gasteiger charge is -2.09. The van der Waals surface area contributed by atoms with Gasteiger partial charge in [-0.05, 0) is 30.2 Å². The molecule has 0 aliphatic carbocycles. The second-order valence-electron chi connectivity index (χ2n) is 2.86. The Labute approximate surface area is 75.6 Å². The van der Waals surface area contributed by atoms with Crippen LogP contribution in [-0.2, 0) is 4.79 Å². The van der Waals surface area contributed by atoms with E-state index in [1.807, 2.05) is 0 Å². The minimum Gasteiger partial charge on any atom is -0.508 e. The predicted octanol–water partition coefficient (Wildman–Crippen LogP) is 0.785. The number of carboxylic acid groups (broad SMARTS) is 1. The Morgan fingerprint density at radius 3 is 2.62 bits per heavy atom. The van der Waals surface area contributed by atoms with Crippen LogP contribution < -0.4 is 5.73 Å². The predicted molar refractivity (Wildman–Crippen MR) is 47.4 cm³/mol. The van der Waals surface area contributed by atoms with Crippen LogP contribution in [-0.4, -0.2) is 16.2 Å². The van der Waals surface area contributed by atoms with Gasteiger partial charge in [-0.2, -0.15) is 0 Å². The third kappa shape index (κ3) is 1.97. The summed E-state index contributed by atoms with van der Waals surface area (Å²) in [5.41, 5.74) is 6.60. The number of phenols is 1. The maximum Gasteiger partial charge on any atom is 0.325 e. The highest BCUT2D eigenvalue weighted by Gasteiger charge is 2.16. The van der Waals surface area contributed by atoms with Gasteiger partial charge in [0.25, 0.3) is 0 Å². The molecule has 4 heteroatoms. The van der Waals surface area contributed by atoms with Crippen molar-refractivity contribution < 1.29 is 15.0 Å². The van der Waals surface area contributed by atoms with Crippen LogP contribution in [0.5, 0.6) is 5.75 Å². The molecule has 0 saturated heterocycles. The highest BCUT2D eigenvalue weighted by molar-refractivity contribution is 5.75. The first-order valence-corrected chi connectivity index (χ1v) is 3.80. The number of carbonyl (C=O) groups is 1. The van der Waals surface area contributed by atoms with E-state index >= 15 is 0 Å². The lowest BCUT2D eigenvalue weighted by atomic mass is 10.0. The normalized spacial score (nSPS) is 12.5. The average molecular weight is 181 g/mol. The molecule has 0 amide bonds. The van der Waals surface area contributed by atoms with Crippen LogP contribution in [0.2, 0.25) is 0 Å². The molecule has 0 aromatic heterocycles. The summed E-state index contributed by atoms with van der Waals surface area (Å²) in [6, 6.07) is 3.40. The van der Waals surface area contributed by atoms with Gasteiger partial charge in [-0.3, -0.25) is 4.79 Å². The second kappa shape index (κ2) is 3.45. The smallest absolute Gasteiger partial charge is 0.325 e.